The summed E-state index contributed by atoms with van der Waals surface area (Å²) in [5, 5.41) is 1.21. The van der Waals surface area contributed by atoms with Crippen LogP contribution in [0.1, 0.15) is 16.7 Å². The van der Waals surface area contributed by atoms with Crippen molar-refractivity contribution in [3.05, 3.63) is 76.7 Å². The van der Waals surface area contributed by atoms with Gasteiger partial charge in [0.05, 0.1) is 18.2 Å². The molecule has 0 aliphatic carbocycles. The minimum Gasteiger partial charge on any atom is -0.304 e. The molecule has 0 bridgehead atoms. The fourth-order valence-electron chi connectivity index (χ4n) is 2.97. The third kappa shape index (κ3) is 3.99. The molecule has 0 saturated heterocycles. The van der Waals surface area contributed by atoms with E-state index >= 15 is 0 Å². The number of sulfone groups is 1. The van der Waals surface area contributed by atoms with Crippen molar-refractivity contribution in [3.63, 3.8) is 0 Å². The lowest BCUT2D eigenvalue weighted by atomic mass is 10.1. The average molecular weight is 355 g/mol. The van der Waals surface area contributed by atoms with E-state index in [-0.39, 0.29) is 18.1 Å². The van der Waals surface area contributed by atoms with Crippen molar-refractivity contribution in [2.45, 2.75) is 26.3 Å². The molecule has 1 heterocycles. The normalized spacial score (nSPS) is 18.2. The molecule has 1 atom stereocenters. The van der Waals surface area contributed by atoms with Gasteiger partial charge in [-0.05, 0) is 48.7 Å². The number of carbonyl (C=O) groups excluding carboxylic acids is 1. The topological polar surface area (TPSA) is 54.5 Å². The van der Waals surface area contributed by atoms with Gasteiger partial charge in [-0.15, -0.1) is 0 Å². The molecular weight excluding hydrogens is 334 g/mol. The molecule has 0 N–H and O–H groups in total. The second-order valence-electron chi connectivity index (χ2n) is 6.42. The lowest BCUT2D eigenvalue weighted by Gasteiger charge is -2.28. The molecule has 4 nitrogen and oxygen atoms in total. The first kappa shape index (κ1) is 17.4. The van der Waals surface area contributed by atoms with Crippen LogP contribution in [0.15, 0.2) is 60.0 Å². The van der Waals surface area contributed by atoms with Gasteiger partial charge in [0.2, 0.25) is 5.91 Å². The Kier molecular flexibility index (Phi) is 4.77. The van der Waals surface area contributed by atoms with Gasteiger partial charge in [0.25, 0.3) is 0 Å². The molecule has 1 aliphatic rings. The van der Waals surface area contributed by atoms with E-state index in [1.807, 2.05) is 62.4 Å². The summed E-state index contributed by atoms with van der Waals surface area (Å²) in [7, 11) is -3.25. The number of aryl methyl sites for hydroxylation is 2. The van der Waals surface area contributed by atoms with Gasteiger partial charge in [-0.3, -0.25) is 4.79 Å². The second kappa shape index (κ2) is 6.84. The van der Waals surface area contributed by atoms with Crippen LogP contribution in [-0.4, -0.2) is 26.1 Å². The van der Waals surface area contributed by atoms with E-state index < -0.39 is 15.9 Å². The predicted octanol–water partition coefficient (Wildman–Crippen LogP) is 3.19. The van der Waals surface area contributed by atoms with Crippen LogP contribution in [0.5, 0.6) is 0 Å². The number of nitrogens with zero attached hydrogens (tertiary/aromatic N) is 1. The monoisotopic (exact) mass is 355 g/mol. The maximum Gasteiger partial charge on any atom is 0.231 e. The van der Waals surface area contributed by atoms with Crippen molar-refractivity contribution < 1.29 is 13.2 Å². The van der Waals surface area contributed by atoms with Crippen molar-refractivity contribution >= 4 is 21.4 Å². The molecule has 5 heteroatoms. The van der Waals surface area contributed by atoms with Gasteiger partial charge in [-0.2, -0.15) is 0 Å². The molecule has 130 valence electrons. The predicted molar refractivity (Wildman–Crippen MR) is 100 cm³/mol. The van der Waals surface area contributed by atoms with Crippen LogP contribution in [0.4, 0.5) is 5.69 Å². The van der Waals surface area contributed by atoms with Crippen LogP contribution < -0.4 is 4.90 Å². The maximum atomic E-state index is 13.0. The number of hydrogen-bond donors (Lipinski definition) is 0. The van der Waals surface area contributed by atoms with Gasteiger partial charge in [-0.1, -0.05) is 36.4 Å². The van der Waals surface area contributed by atoms with E-state index in [0.717, 1.165) is 22.4 Å². The minimum absolute atomic E-state index is 0.0690. The van der Waals surface area contributed by atoms with Gasteiger partial charge in [-0.25, -0.2) is 8.42 Å². The van der Waals surface area contributed by atoms with E-state index in [0.29, 0.717) is 0 Å². The fourth-order valence-corrected chi connectivity index (χ4v) is 4.24. The number of benzene rings is 2. The number of rotatable bonds is 4. The van der Waals surface area contributed by atoms with Crippen LogP contribution in [-0.2, 0) is 21.1 Å². The Hall–Kier alpha value is -2.40. The Labute approximate surface area is 148 Å². The molecule has 2 aromatic carbocycles. The number of amides is 1. The van der Waals surface area contributed by atoms with Crippen LogP contribution >= 0.6 is 0 Å². The summed E-state index contributed by atoms with van der Waals surface area (Å²) in [5.41, 5.74) is 3.84. The number of anilines is 1. The molecule has 0 aromatic heterocycles. The smallest absolute Gasteiger partial charge is 0.231 e. The molecule has 0 fully saturated rings. The quantitative estimate of drug-likeness (QED) is 0.846. The van der Waals surface area contributed by atoms with Crippen molar-refractivity contribution in [1.29, 1.82) is 0 Å². The van der Waals surface area contributed by atoms with E-state index in [4.69, 9.17) is 0 Å². The lowest BCUT2D eigenvalue weighted by Crippen LogP contribution is -2.42. The van der Waals surface area contributed by atoms with Crippen LogP contribution in [0.25, 0.3) is 0 Å². The highest BCUT2D eigenvalue weighted by Gasteiger charge is 2.31. The largest absolute Gasteiger partial charge is 0.304 e. The standard InChI is InChI=1S/C20H21NO3S/c1-15-8-9-18(12-16(15)2)21(19-10-11-25(23,24)14-19)20(22)13-17-6-4-3-5-7-17/h3-12,19H,13-14H2,1-2H3. The molecule has 25 heavy (non-hydrogen) atoms. The van der Waals surface area contributed by atoms with Gasteiger partial charge in [0, 0.05) is 11.1 Å². The summed E-state index contributed by atoms with van der Waals surface area (Å²) in [6.45, 7) is 4.00. The zero-order valence-electron chi connectivity index (χ0n) is 14.3. The van der Waals surface area contributed by atoms with E-state index in [1.54, 1.807) is 11.0 Å². The Morgan fingerprint density at radius 3 is 2.40 bits per heavy atom. The molecule has 0 saturated carbocycles. The highest BCUT2D eigenvalue weighted by Crippen LogP contribution is 2.26. The zero-order valence-corrected chi connectivity index (χ0v) is 15.2. The van der Waals surface area contributed by atoms with E-state index in [1.165, 1.54) is 5.41 Å². The molecule has 1 unspecified atom stereocenters. The Morgan fingerprint density at radius 2 is 1.80 bits per heavy atom. The van der Waals surface area contributed by atoms with Crippen molar-refractivity contribution in [2.75, 3.05) is 10.7 Å². The summed E-state index contributed by atoms with van der Waals surface area (Å²) >= 11 is 0. The minimum atomic E-state index is -3.25. The molecule has 0 spiro atoms. The lowest BCUT2D eigenvalue weighted by molar-refractivity contribution is -0.118. The van der Waals surface area contributed by atoms with E-state index in [2.05, 4.69) is 0 Å². The van der Waals surface area contributed by atoms with Crippen LogP contribution in [0.3, 0.4) is 0 Å². The molecule has 2 aromatic rings. The summed E-state index contributed by atoms with van der Waals surface area (Å²) < 4.78 is 23.7. The summed E-state index contributed by atoms with van der Waals surface area (Å²) in [6.07, 6.45) is 1.84. The molecule has 1 amide bonds. The van der Waals surface area contributed by atoms with Crippen LogP contribution in [0, 0.1) is 13.8 Å². The summed E-state index contributed by atoms with van der Waals surface area (Å²) in [6, 6.07) is 14.8. The molecule has 1 aliphatic heterocycles. The third-order valence-corrected chi connectivity index (χ3v) is 5.86. The zero-order chi connectivity index (χ0) is 18.0. The SMILES string of the molecule is Cc1ccc(N(C(=O)Cc2ccccc2)C2C=CS(=O)(=O)C2)cc1C. The van der Waals surface area contributed by atoms with Crippen molar-refractivity contribution in [3.8, 4) is 0 Å². The molecule has 0 radical (unpaired) electrons. The van der Waals surface area contributed by atoms with Gasteiger partial charge >= 0.3 is 0 Å². The van der Waals surface area contributed by atoms with Gasteiger partial charge in [0.1, 0.15) is 0 Å². The first-order valence-electron chi connectivity index (χ1n) is 8.20. The third-order valence-electron chi connectivity index (χ3n) is 4.48. The first-order valence-corrected chi connectivity index (χ1v) is 9.91. The highest BCUT2D eigenvalue weighted by atomic mass is 32.2. The first-order chi connectivity index (χ1) is 11.9. The molecule has 3 rings (SSSR count). The Balaban J connectivity index is 1.95. The number of hydrogen-bond acceptors (Lipinski definition) is 3. The number of carbonyl (C=O) groups is 1. The van der Waals surface area contributed by atoms with E-state index in [9.17, 15) is 13.2 Å². The summed E-state index contributed by atoms with van der Waals surface area (Å²) in [4.78, 5) is 14.6. The highest BCUT2D eigenvalue weighted by molar-refractivity contribution is 7.94. The maximum absolute atomic E-state index is 13.0. The second-order valence-corrected chi connectivity index (χ2v) is 8.35. The van der Waals surface area contributed by atoms with Crippen molar-refractivity contribution in [1.82, 2.24) is 0 Å². The van der Waals surface area contributed by atoms with Crippen LogP contribution in [0.2, 0.25) is 0 Å². The Morgan fingerprint density at radius 1 is 1.08 bits per heavy atom. The van der Waals surface area contributed by atoms with Crippen molar-refractivity contribution in [2.24, 2.45) is 0 Å². The molecular formula is C20H21NO3S. The Bertz CT molecular complexity index is 917. The summed E-state index contributed by atoms with van der Waals surface area (Å²) in [5.74, 6) is -0.179. The van der Waals surface area contributed by atoms with Gasteiger partial charge in [0.15, 0.2) is 9.84 Å². The fraction of sp³-hybridized carbons (Fsp3) is 0.250. The van der Waals surface area contributed by atoms with Gasteiger partial charge < -0.3 is 4.90 Å². The average Bonchev–Trinajstić information content (AvgIpc) is 2.91.